The molecule has 88 valence electrons. The summed E-state index contributed by atoms with van der Waals surface area (Å²) in [6.07, 6.45) is -9.10. The molecule has 0 amide bonds. The fourth-order valence-electron chi connectivity index (χ4n) is 1.29. The Hall–Kier alpha value is -0.930. The predicted octanol–water partition coefficient (Wildman–Crippen LogP) is -1.91. The van der Waals surface area contributed by atoms with Crippen molar-refractivity contribution >= 4 is 6.16 Å². The number of carboxylic acid groups (broad SMARTS) is 1. The van der Waals surface area contributed by atoms with Gasteiger partial charge in [-0.15, -0.1) is 0 Å². The summed E-state index contributed by atoms with van der Waals surface area (Å²) in [4.78, 5) is 10.2. The molecule has 4 N–H and O–H groups in total. The molecule has 0 aromatic carbocycles. The third-order valence-electron chi connectivity index (χ3n) is 2.01. The normalized spacial score (nSPS) is 41.2. The van der Waals surface area contributed by atoms with E-state index >= 15 is 0 Å². The number of rotatable bonds is 2. The van der Waals surface area contributed by atoms with Gasteiger partial charge in [0.2, 0.25) is 6.29 Å². The number of hydrogen-bond acceptors (Lipinski definition) is 7. The molecule has 1 saturated heterocycles. The van der Waals surface area contributed by atoms with E-state index in [1.807, 2.05) is 0 Å². The lowest BCUT2D eigenvalue weighted by Gasteiger charge is -2.38. The molecule has 0 aromatic rings. The van der Waals surface area contributed by atoms with Crippen LogP contribution >= 0.6 is 0 Å². The Balaban J connectivity index is 2.71. The molecule has 0 bridgehead atoms. The van der Waals surface area contributed by atoms with Crippen molar-refractivity contribution in [1.29, 1.82) is 0 Å². The van der Waals surface area contributed by atoms with Gasteiger partial charge >= 0.3 is 6.16 Å². The van der Waals surface area contributed by atoms with E-state index in [4.69, 9.17) is 10.2 Å². The molecule has 1 aliphatic rings. The van der Waals surface area contributed by atoms with Crippen molar-refractivity contribution in [2.24, 2.45) is 0 Å². The fraction of sp³-hybridized carbons (Fsp3) is 0.857. The molecular weight excluding hydrogens is 212 g/mol. The van der Waals surface area contributed by atoms with E-state index in [0.29, 0.717) is 0 Å². The second-order valence-electron chi connectivity index (χ2n) is 2.96. The summed E-state index contributed by atoms with van der Waals surface area (Å²) in [7, 11) is 1.19. The van der Waals surface area contributed by atoms with Gasteiger partial charge in [-0.1, -0.05) is 0 Å². The highest BCUT2D eigenvalue weighted by Crippen LogP contribution is 2.22. The first-order chi connectivity index (χ1) is 6.97. The van der Waals surface area contributed by atoms with Gasteiger partial charge in [-0.05, 0) is 0 Å². The lowest BCUT2D eigenvalue weighted by atomic mass is 10.0. The standard InChI is InChI=1S/C7H12O8/c1-13-4-2(8)5(10)14-6(3(4)9)15-7(11)12/h2-6,8-10H,1H3,(H,11,12)/t2-,3+,4-,5-,6-/m1/s1. The van der Waals surface area contributed by atoms with Crippen LogP contribution < -0.4 is 0 Å². The van der Waals surface area contributed by atoms with Crippen LogP contribution in [0.25, 0.3) is 0 Å². The molecule has 1 rings (SSSR count). The van der Waals surface area contributed by atoms with E-state index < -0.39 is 37.0 Å². The van der Waals surface area contributed by atoms with Crippen LogP contribution in [0.5, 0.6) is 0 Å². The van der Waals surface area contributed by atoms with Crippen molar-refractivity contribution in [2.75, 3.05) is 7.11 Å². The quantitative estimate of drug-likeness (QED) is 0.400. The van der Waals surface area contributed by atoms with E-state index in [1.54, 1.807) is 0 Å². The van der Waals surface area contributed by atoms with Crippen LogP contribution in [0.4, 0.5) is 4.79 Å². The van der Waals surface area contributed by atoms with Crippen LogP contribution in [0.15, 0.2) is 0 Å². The first-order valence-electron chi connectivity index (χ1n) is 4.09. The fourth-order valence-corrected chi connectivity index (χ4v) is 1.29. The summed E-state index contributed by atoms with van der Waals surface area (Å²) in [5.74, 6) is 0. The van der Waals surface area contributed by atoms with Gasteiger partial charge in [0.1, 0.15) is 18.3 Å². The second kappa shape index (κ2) is 4.73. The summed E-state index contributed by atoms with van der Waals surface area (Å²) in [6.45, 7) is 0. The third-order valence-corrected chi connectivity index (χ3v) is 2.01. The molecule has 5 atom stereocenters. The first kappa shape index (κ1) is 12.1. The average molecular weight is 224 g/mol. The number of ether oxygens (including phenoxy) is 3. The molecule has 0 aromatic heterocycles. The van der Waals surface area contributed by atoms with Gasteiger partial charge in [0, 0.05) is 7.11 Å². The molecule has 0 saturated carbocycles. The SMILES string of the molecule is CO[C@H]1[C@H](O)[C@@H](OC(=O)O)O[C@@H](O)[C@@H]1O. The Morgan fingerprint density at radius 2 is 1.87 bits per heavy atom. The lowest BCUT2D eigenvalue weighted by molar-refractivity contribution is -0.332. The van der Waals surface area contributed by atoms with Crippen molar-refractivity contribution in [3.8, 4) is 0 Å². The minimum Gasteiger partial charge on any atom is -0.450 e. The zero-order chi connectivity index (χ0) is 11.6. The number of methoxy groups -OCH3 is 1. The van der Waals surface area contributed by atoms with Crippen molar-refractivity contribution in [3.05, 3.63) is 0 Å². The molecular formula is C7H12O8. The number of aliphatic hydroxyl groups is 3. The summed E-state index contributed by atoms with van der Waals surface area (Å²) in [5, 5.41) is 36.2. The zero-order valence-corrected chi connectivity index (χ0v) is 7.81. The van der Waals surface area contributed by atoms with E-state index in [-0.39, 0.29) is 0 Å². The van der Waals surface area contributed by atoms with Crippen molar-refractivity contribution in [1.82, 2.24) is 0 Å². The Bertz CT molecular complexity index is 231. The molecule has 0 unspecified atom stereocenters. The van der Waals surface area contributed by atoms with Crippen LogP contribution in [0, 0.1) is 0 Å². The van der Waals surface area contributed by atoms with Gasteiger partial charge in [-0.2, -0.15) is 0 Å². The highest BCUT2D eigenvalue weighted by atomic mass is 16.8. The van der Waals surface area contributed by atoms with Crippen LogP contribution in [0.3, 0.4) is 0 Å². The van der Waals surface area contributed by atoms with Crippen LogP contribution in [0.2, 0.25) is 0 Å². The number of hydrogen-bond donors (Lipinski definition) is 4. The van der Waals surface area contributed by atoms with Crippen LogP contribution in [-0.4, -0.2) is 64.6 Å². The molecule has 15 heavy (non-hydrogen) atoms. The first-order valence-corrected chi connectivity index (χ1v) is 4.09. The van der Waals surface area contributed by atoms with Gasteiger partial charge in [-0.3, -0.25) is 0 Å². The molecule has 1 aliphatic heterocycles. The van der Waals surface area contributed by atoms with Crippen molar-refractivity contribution in [3.63, 3.8) is 0 Å². The number of carbonyl (C=O) groups is 1. The maximum absolute atomic E-state index is 10.2. The van der Waals surface area contributed by atoms with Gasteiger partial charge in [-0.25, -0.2) is 4.79 Å². The number of aliphatic hydroxyl groups excluding tert-OH is 3. The van der Waals surface area contributed by atoms with Crippen molar-refractivity contribution < 1.29 is 39.4 Å². The molecule has 0 spiro atoms. The summed E-state index contributed by atoms with van der Waals surface area (Å²) in [5.41, 5.74) is 0. The molecule has 8 heteroatoms. The van der Waals surface area contributed by atoms with E-state index in [9.17, 15) is 15.0 Å². The minimum atomic E-state index is -1.68. The highest BCUT2D eigenvalue weighted by Gasteiger charge is 2.46. The maximum Gasteiger partial charge on any atom is 0.508 e. The molecule has 8 nitrogen and oxygen atoms in total. The summed E-state index contributed by atoms with van der Waals surface area (Å²) < 4.78 is 13.4. The van der Waals surface area contributed by atoms with E-state index in [1.165, 1.54) is 7.11 Å². The van der Waals surface area contributed by atoms with Crippen LogP contribution in [0.1, 0.15) is 0 Å². The van der Waals surface area contributed by atoms with Gasteiger partial charge in [0.25, 0.3) is 0 Å². The Morgan fingerprint density at radius 3 is 2.33 bits per heavy atom. The lowest BCUT2D eigenvalue weighted by Crippen LogP contribution is -2.59. The Kier molecular flexibility index (Phi) is 3.83. The third kappa shape index (κ3) is 2.55. The van der Waals surface area contributed by atoms with Gasteiger partial charge in [0.15, 0.2) is 6.29 Å². The minimum absolute atomic E-state index is 1.18. The molecule has 1 heterocycles. The van der Waals surface area contributed by atoms with E-state index in [2.05, 4.69) is 14.2 Å². The van der Waals surface area contributed by atoms with Crippen LogP contribution in [-0.2, 0) is 14.2 Å². The van der Waals surface area contributed by atoms with E-state index in [0.717, 1.165) is 0 Å². The molecule has 0 radical (unpaired) electrons. The summed E-state index contributed by atoms with van der Waals surface area (Å²) in [6, 6.07) is 0. The van der Waals surface area contributed by atoms with Gasteiger partial charge in [0.05, 0.1) is 0 Å². The second-order valence-corrected chi connectivity index (χ2v) is 2.96. The summed E-state index contributed by atoms with van der Waals surface area (Å²) >= 11 is 0. The Morgan fingerprint density at radius 1 is 1.27 bits per heavy atom. The predicted molar refractivity (Wildman–Crippen MR) is 42.8 cm³/mol. The largest absolute Gasteiger partial charge is 0.508 e. The zero-order valence-electron chi connectivity index (χ0n) is 7.81. The monoisotopic (exact) mass is 224 g/mol. The van der Waals surface area contributed by atoms with Gasteiger partial charge < -0.3 is 34.6 Å². The average Bonchev–Trinajstić information content (AvgIpc) is 2.14. The molecule has 0 aliphatic carbocycles. The van der Waals surface area contributed by atoms with Crippen molar-refractivity contribution in [2.45, 2.75) is 30.9 Å². The Labute approximate surface area is 84.6 Å². The maximum atomic E-state index is 10.2. The smallest absolute Gasteiger partial charge is 0.450 e. The topological polar surface area (TPSA) is 126 Å². The highest BCUT2D eigenvalue weighted by molar-refractivity contribution is 5.57. The molecule has 1 fully saturated rings.